The maximum Gasteiger partial charge on any atom is 0.309 e. The van der Waals surface area contributed by atoms with E-state index >= 15 is 0 Å². The maximum atomic E-state index is 11.8. The first-order chi connectivity index (χ1) is 8.93. The molecule has 0 N–H and O–H groups in total. The zero-order chi connectivity index (χ0) is 14.4. The lowest BCUT2D eigenvalue weighted by atomic mass is 9.91. The van der Waals surface area contributed by atoms with Gasteiger partial charge in [-0.1, -0.05) is 43.7 Å². The number of ketones is 1. The number of Topliss-reactive ketones (excluding diaryl/α,β-unsaturated/α-hetero) is 1. The van der Waals surface area contributed by atoms with Gasteiger partial charge in [0, 0.05) is 12.3 Å². The standard InChI is InChI=1S/C16H22O3/c1-11(2)15(17)10-14(16(18)19-4)9-13-7-5-12(3)6-8-13/h5-8,11,14H,9-10H2,1-4H3/t14-/m1/s1. The largest absolute Gasteiger partial charge is 0.469 e. The van der Waals surface area contributed by atoms with E-state index in [1.54, 1.807) is 0 Å². The van der Waals surface area contributed by atoms with Gasteiger partial charge in [-0.2, -0.15) is 0 Å². The Morgan fingerprint density at radius 3 is 2.21 bits per heavy atom. The van der Waals surface area contributed by atoms with Crippen molar-refractivity contribution in [1.82, 2.24) is 0 Å². The van der Waals surface area contributed by atoms with Crippen molar-refractivity contribution < 1.29 is 14.3 Å². The molecule has 0 amide bonds. The summed E-state index contributed by atoms with van der Waals surface area (Å²) in [6.45, 7) is 5.72. The van der Waals surface area contributed by atoms with Crippen molar-refractivity contribution in [3.63, 3.8) is 0 Å². The van der Waals surface area contributed by atoms with Crippen LogP contribution in [0.2, 0.25) is 0 Å². The van der Waals surface area contributed by atoms with Gasteiger partial charge in [0.15, 0.2) is 0 Å². The van der Waals surface area contributed by atoms with Gasteiger partial charge in [-0.3, -0.25) is 9.59 Å². The van der Waals surface area contributed by atoms with Crippen molar-refractivity contribution in [3.05, 3.63) is 35.4 Å². The molecule has 0 spiro atoms. The predicted molar refractivity (Wildman–Crippen MR) is 74.9 cm³/mol. The fraction of sp³-hybridized carbons (Fsp3) is 0.500. The molecule has 0 unspecified atom stereocenters. The van der Waals surface area contributed by atoms with Gasteiger partial charge in [0.05, 0.1) is 13.0 Å². The Bertz CT molecular complexity index is 432. The van der Waals surface area contributed by atoms with Gasteiger partial charge >= 0.3 is 5.97 Å². The first-order valence-corrected chi connectivity index (χ1v) is 6.60. The van der Waals surface area contributed by atoms with Gasteiger partial charge in [0.1, 0.15) is 5.78 Å². The SMILES string of the molecule is COC(=O)[C@@H](CC(=O)C(C)C)Cc1ccc(C)cc1. The van der Waals surface area contributed by atoms with Crippen molar-refractivity contribution in [3.8, 4) is 0 Å². The number of hydrogen-bond donors (Lipinski definition) is 0. The second-order valence-corrected chi connectivity index (χ2v) is 5.23. The Hall–Kier alpha value is -1.64. The summed E-state index contributed by atoms with van der Waals surface area (Å²) in [5.41, 5.74) is 2.23. The normalized spacial score (nSPS) is 12.3. The Morgan fingerprint density at radius 1 is 1.16 bits per heavy atom. The Balaban J connectivity index is 2.77. The van der Waals surface area contributed by atoms with Gasteiger partial charge in [0.25, 0.3) is 0 Å². The molecule has 0 aliphatic heterocycles. The predicted octanol–water partition coefficient (Wildman–Crippen LogP) is 2.94. The second kappa shape index (κ2) is 7.07. The Labute approximate surface area is 115 Å². The van der Waals surface area contributed by atoms with Crippen LogP contribution in [0.25, 0.3) is 0 Å². The smallest absolute Gasteiger partial charge is 0.309 e. The third kappa shape index (κ3) is 4.86. The summed E-state index contributed by atoms with van der Waals surface area (Å²) in [7, 11) is 1.37. The van der Waals surface area contributed by atoms with Crippen LogP contribution >= 0.6 is 0 Å². The van der Waals surface area contributed by atoms with Gasteiger partial charge in [0.2, 0.25) is 0 Å². The maximum absolute atomic E-state index is 11.8. The van der Waals surface area contributed by atoms with Gasteiger partial charge in [-0.25, -0.2) is 0 Å². The summed E-state index contributed by atoms with van der Waals surface area (Å²) >= 11 is 0. The van der Waals surface area contributed by atoms with Gasteiger partial charge in [-0.05, 0) is 18.9 Å². The topological polar surface area (TPSA) is 43.4 Å². The molecule has 0 radical (unpaired) electrons. The summed E-state index contributed by atoms with van der Waals surface area (Å²) < 4.78 is 4.80. The highest BCUT2D eigenvalue weighted by molar-refractivity contribution is 5.85. The first kappa shape index (κ1) is 15.4. The van der Waals surface area contributed by atoms with E-state index < -0.39 is 0 Å². The number of methoxy groups -OCH3 is 1. The van der Waals surface area contributed by atoms with Crippen LogP contribution in [-0.2, 0) is 20.7 Å². The first-order valence-electron chi connectivity index (χ1n) is 6.60. The third-order valence-electron chi connectivity index (χ3n) is 3.23. The minimum Gasteiger partial charge on any atom is -0.469 e. The number of carbonyl (C=O) groups is 2. The van der Waals surface area contributed by atoms with Crippen LogP contribution < -0.4 is 0 Å². The Morgan fingerprint density at radius 2 is 1.74 bits per heavy atom. The van der Waals surface area contributed by atoms with Gasteiger partial charge < -0.3 is 4.74 Å². The van der Waals surface area contributed by atoms with Crippen LogP contribution in [0.3, 0.4) is 0 Å². The number of aryl methyl sites for hydroxylation is 1. The van der Waals surface area contributed by atoms with Crippen molar-refractivity contribution in [1.29, 1.82) is 0 Å². The van der Waals surface area contributed by atoms with E-state index in [1.807, 2.05) is 45.0 Å². The fourth-order valence-corrected chi connectivity index (χ4v) is 1.89. The highest BCUT2D eigenvalue weighted by Gasteiger charge is 2.24. The molecule has 0 fully saturated rings. The fourth-order valence-electron chi connectivity index (χ4n) is 1.89. The van der Waals surface area contributed by atoms with E-state index in [1.165, 1.54) is 12.7 Å². The highest BCUT2D eigenvalue weighted by Crippen LogP contribution is 2.17. The van der Waals surface area contributed by atoms with Crippen LogP contribution in [0.4, 0.5) is 0 Å². The molecule has 1 atom stereocenters. The van der Waals surface area contributed by atoms with Crippen LogP contribution in [0.15, 0.2) is 24.3 Å². The van der Waals surface area contributed by atoms with E-state index in [4.69, 9.17) is 4.74 Å². The summed E-state index contributed by atoms with van der Waals surface area (Å²) in [5, 5.41) is 0. The monoisotopic (exact) mass is 262 g/mol. The molecule has 0 aliphatic carbocycles. The van der Waals surface area contributed by atoms with Crippen LogP contribution in [0, 0.1) is 18.8 Å². The van der Waals surface area contributed by atoms with E-state index in [2.05, 4.69) is 0 Å². The molecule has 0 heterocycles. The number of hydrogen-bond acceptors (Lipinski definition) is 3. The average molecular weight is 262 g/mol. The van der Waals surface area contributed by atoms with Crippen molar-refractivity contribution in [2.75, 3.05) is 7.11 Å². The minimum atomic E-state index is -0.386. The van der Waals surface area contributed by atoms with E-state index in [0.29, 0.717) is 6.42 Å². The third-order valence-corrected chi connectivity index (χ3v) is 3.23. The van der Waals surface area contributed by atoms with E-state index in [9.17, 15) is 9.59 Å². The molecular formula is C16H22O3. The van der Waals surface area contributed by atoms with Gasteiger partial charge in [-0.15, -0.1) is 0 Å². The molecule has 3 heteroatoms. The zero-order valence-electron chi connectivity index (χ0n) is 12.1. The van der Waals surface area contributed by atoms with Crippen molar-refractivity contribution in [2.24, 2.45) is 11.8 Å². The number of esters is 1. The molecule has 1 aromatic carbocycles. The van der Waals surface area contributed by atoms with Crippen LogP contribution in [-0.4, -0.2) is 18.9 Å². The Kier molecular flexibility index (Phi) is 5.74. The summed E-state index contributed by atoms with van der Waals surface area (Å²) in [4.78, 5) is 23.6. The molecule has 3 nitrogen and oxygen atoms in total. The van der Waals surface area contributed by atoms with E-state index in [0.717, 1.165) is 5.56 Å². The summed E-state index contributed by atoms with van der Waals surface area (Å²) in [6, 6.07) is 8.00. The average Bonchev–Trinajstić information content (AvgIpc) is 2.39. The van der Waals surface area contributed by atoms with Crippen LogP contribution in [0.5, 0.6) is 0 Å². The molecule has 0 aliphatic rings. The number of benzene rings is 1. The lowest BCUT2D eigenvalue weighted by molar-refractivity contribution is -0.147. The molecule has 19 heavy (non-hydrogen) atoms. The van der Waals surface area contributed by atoms with E-state index in [-0.39, 0.29) is 30.0 Å². The lowest BCUT2D eigenvalue weighted by Crippen LogP contribution is -2.24. The minimum absolute atomic E-state index is 0.0508. The number of carbonyl (C=O) groups excluding carboxylic acids is 2. The zero-order valence-corrected chi connectivity index (χ0v) is 12.1. The number of rotatable bonds is 6. The van der Waals surface area contributed by atoms with Crippen molar-refractivity contribution in [2.45, 2.75) is 33.6 Å². The molecule has 0 saturated carbocycles. The molecule has 1 rings (SSSR count). The summed E-state index contributed by atoms with van der Waals surface area (Å²) in [5.74, 6) is -0.648. The molecule has 0 saturated heterocycles. The molecule has 104 valence electrons. The molecule has 0 bridgehead atoms. The molecule has 1 aromatic rings. The quantitative estimate of drug-likeness (QED) is 0.740. The highest BCUT2D eigenvalue weighted by atomic mass is 16.5. The van der Waals surface area contributed by atoms with Crippen LogP contribution in [0.1, 0.15) is 31.4 Å². The second-order valence-electron chi connectivity index (χ2n) is 5.23. The number of ether oxygens (including phenoxy) is 1. The molecule has 0 aromatic heterocycles. The summed E-state index contributed by atoms with van der Waals surface area (Å²) in [6.07, 6.45) is 0.795. The molecular weight excluding hydrogens is 240 g/mol. The van der Waals surface area contributed by atoms with Crippen molar-refractivity contribution >= 4 is 11.8 Å². The lowest BCUT2D eigenvalue weighted by Gasteiger charge is -2.15.